The number of rotatable bonds is 8. The number of fused-ring (bicyclic) bond motifs is 1. The number of anilines is 2. The van der Waals surface area contributed by atoms with E-state index in [9.17, 15) is 18.0 Å². The van der Waals surface area contributed by atoms with Gasteiger partial charge in [0.15, 0.2) is 0 Å². The summed E-state index contributed by atoms with van der Waals surface area (Å²) in [6, 6.07) is 20.0. The Morgan fingerprint density at radius 3 is 2.47 bits per heavy atom. The number of ether oxygens (including phenoxy) is 2. The van der Waals surface area contributed by atoms with Crippen LogP contribution in [0.1, 0.15) is 35.4 Å². The second-order valence-corrected chi connectivity index (χ2v) is 9.46. The first-order valence-corrected chi connectivity index (χ1v) is 12.1. The van der Waals surface area contributed by atoms with E-state index < -0.39 is 28.0 Å². The summed E-state index contributed by atoms with van der Waals surface area (Å²) in [5.74, 6) is -0.615. The number of hydrogen-bond donors (Lipinski definition) is 1. The van der Waals surface area contributed by atoms with Gasteiger partial charge >= 0.3 is 5.97 Å². The van der Waals surface area contributed by atoms with Gasteiger partial charge in [0.1, 0.15) is 11.9 Å². The van der Waals surface area contributed by atoms with Crippen molar-refractivity contribution in [3.8, 4) is 5.75 Å². The van der Waals surface area contributed by atoms with Crippen LogP contribution in [0.5, 0.6) is 5.75 Å². The number of esters is 1. The van der Waals surface area contributed by atoms with Crippen molar-refractivity contribution in [3.63, 3.8) is 0 Å². The van der Waals surface area contributed by atoms with Crippen LogP contribution in [-0.4, -0.2) is 33.9 Å². The zero-order chi connectivity index (χ0) is 24.3. The van der Waals surface area contributed by atoms with Gasteiger partial charge in [-0.15, -0.1) is 0 Å². The summed E-state index contributed by atoms with van der Waals surface area (Å²) in [5, 5.41) is 2.70. The second kappa shape index (κ2) is 9.56. The first kappa shape index (κ1) is 23.3. The second-order valence-electron chi connectivity index (χ2n) is 7.60. The number of carbonyl (C=O) groups is 2. The topological polar surface area (TPSA) is 102 Å². The van der Waals surface area contributed by atoms with Gasteiger partial charge in [-0.2, -0.15) is 0 Å². The van der Waals surface area contributed by atoms with Gasteiger partial charge in [-0.05, 0) is 43.3 Å². The van der Waals surface area contributed by atoms with E-state index in [2.05, 4.69) is 5.32 Å². The quantitative estimate of drug-likeness (QED) is 0.486. The number of carbonyl (C=O) groups excluding carboxylic acids is 2. The Morgan fingerprint density at radius 2 is 1.76 bits per heavy atom. The van der Waals surface area contributed by atoms with Crippen LogP contribution in [0.25, 0.3) is 0 Å². The van der Waals surface area contributed by atoms with Gasteiger partial charge in [-0.1, -0.05) is 36.4 Å². The van der Waals surface area contributed by atoms with Crippen LogP contribution >= 0.6 is 0 Å². The molecule has 1 unspecified atom stereocenters. The lowest BCUT2D eigenvalue weighted by Gasteiger charge is -2.23. The first-order chi connectivity index (χ1) is 16.3. The maximum atomic E-state index is 13.4. The number of methoxy groups -OCH3 is 1. The minimum atomic E-state index is -3.90. The fourth-order valence-corrected chi connectivity index (χ4v) is 5.40. The molecule has 0 spiro atoms. The van der Waals surface area contributed by atoms with Crippen LogP contribution < -0.4 is 14.4 Å². The summed E-state index contributed by atoms with van der Waals surface area (Å²) >= 11 is 0. The molecule has 0 saturated heterocycles. The van der Waals surface area contributed by atoms with Gasteiger partial charge in [-0.3, -0.25) is 9.10 Å². The molecule has 0 saturated carbocycles. The van der Waals surface area contributed by atoms with Gasteiger partial charge in [0, 0.05) is 12.1 Å². The van der Waals surface area contributed by atoms with Crippen molar-refractivity contribution in [2.45, 2.75) is 24.3 Å². The van der Waals surface area contributed by atoms with Crippen molar-refractivity contribution in [1.82, 2.24) is 0 Å². The van der Waals surface area contributed by atoms with E-state index in [1.165, 1.54) is 29.6 Å². The molecule has 3 aromatic carbocycles. The smallest absolute Gasteiger partial charge is 0.339 e. The summed E-state index contributed by atoms with van der Waals surface area (Å²) in [7, 11) is -2.47. The largest absolute Gasteiger partial charge is 0.495 e. The molecule has 1 atom stereocenters. The highest BCUT2D eigenvalue weighted by molar-refractivity contribution is 7.92. The molecule has 1 amide bonds. The molecule has 1 aliphatic heterocycles. The molecule has 0 fully saturated rings. The molecule has 0 aromatic heterocycles. The van der Waals surface area contributed by atoms with E-state index in [0.29, 0.717) is 22.6 Å². The van der Waals surface area contributed by atoms with E-state index in [-0.39, 0.29) is 23.5 Å². The summed E-state index contributed by atoms with van der Waals surface area (Å²) in [6.07, 6.45) is -0.830. The zero-order valence-electron chi connectivity index (χ0n) is 18.7. The van der Waals surface area contributed by atoms with E-state index in [4.69, 9.17) is 9.47 Å². The van der Waals surface area contributed by atoms with Crippen LogP contribution in [-0.2, 0) is 19.6 Å². The van der Waals surface area contributed by atoms with Gasteiger partial charge in [0.05, 0.1) is 35.4 Å². The number of benzene rings is 3. The molecule has 176 valence electrons. The lowest BCUT2D eigenvalue weighted by molar-refractivity contribution is -0.118. The highest BCUT2D eigenvalue weighted by atomic mass is 32.2. The third-order valence-corrected chi connectivity index (χ3v) is 7.41. The molecule has 0 aliphatic carbocycles. The number of nitrogens with one attached hydrogen (secondary N) is 1. The molecule has 1 heterocycles. The number of sulfonamides is 1. The average molecular weight is 481 g/mol. The van der Waals surface area contributed by atoms with E-state index in [1.54, 1.807) is 55.5 Å². The Morgan fingerprint density at radius 1 is 1.06 bits per heavy atom. The monoisotopic (exact) mass is 480 g/mol. The van der Waals surface area contributed by atoms with Crippen LogP contribution in [0.4, 0.5) is 11.4 Å². The molecule has 8 nitrogen and oxygen atoms in total. The molecular weight excluding hydrogens is 456 g/mol. The fourth-order valence-electron chi connectivity index (χ4n) is 3.90. The molecule has 1 aliphatic rings. The van der Waals surface area contributed by atoms with Crippen molar-refractivity contribution in [2.24, 2.45) is 0 Å². The Kier molecular flexibility index (Phi) is 6.56. The number of amides is 1. The molecule has 0 radical (unpaired) electrons. The lowest BCUT2D eigenvalue weighted by Crippen LogP contribution is -2.30. The highest BCUT2D eigenvalue weighted by Gasteiger charge is 2.32. The Labute approximate surface area is 198 Å². The van der Waals surface area contributed by atoms with Gasteiger partial charge in [0.2, 0.25) is 5.91 Å². The third-order valence-electron chi connectivity index (χ3n) is 5.51. The zero-order valence-corrected chi connectivity index (χ0v) is 19.5. The third kappa shape index (κ3) is 4.47. The Hall–Kier alpha value is -3.85. The summed E-state index contributed by atoms with van der Waals surface area (Å²) in [4.78, 5) is 24.8. The number of hydrogen-bond acceptors (Lipinski definition) is 6. The van der Waals surface area contributed by atoms with Gasteiger partial charge in [-0.25, -0.2) is 13.2 Å². The van der Waals surface area contributed by atoms with Crippen molar-refractivity contribution in [2.75, 3.05) is 23.3 Å². The fraction of sp³-hybridized carbons (Fsp3) is 0.200. The van der Waals surface area contributed by atoms with Crippen molar-refractivity contribution in [3.05, 3.63) is 83.9 Å². The van der Waals surface area contributed by atoms with E-state index in [1.807, 2.05) is 6.07 Å². The van der Waals surface area contributed by atoms with Crippen LogP contribution in [0, 0.1) is 0 Å². The lowest BCUT2D eigenvalue weighted by atomic mass is 10.0. The number of cyclic esters (lactones) is 1. The SMILES string of the molecule is CCN(c1ccccc1)S(=O)(=O)c1ccc(OC)c(NC(=O)CC2OC(=O)c3ccccc32)c1. The molecular formula is C25H24N2O6S. The highest BCUT2D eigenvalue weighted by Crippen LogP contribution is 2.34. The van der Waals surface area contributed by atoms with Crippen molar-refractivity contribution < 1.29 is 27.5 Å². The average Bonchev–Trinajstić information content (AvgIpc) is 3.15. The van der Waals surface area contributed by atoms with Crippen LogP contribution in [0.15, 0.2) is 77.7 Å². The van der Waals surface area contributed by atoms with Crippen molar-refractivity contribution >= 4 is 33.3 Å². The molecule has 0 bridgehead atoms. The maximum absolute atomic E-state index is 13.4. The summed E-state index contributed by atoms with van der Waals surface area (Å²) in [6.45, 7) is 1.98. The van der Waals surface area contributed by atoms with Gasteiger partial charge < -0.3 is 14.8 Å². The standard InChI is InChI=1S/C25H24N2O6S/c1-3-27(17-9-5-4-6-10-17)34(30,31)18-13-14-22(32-2)21(15-18)26-24(28)16-23-19-11-7-8-12-20(19)25(29)33-23/h4-15,23H,3,16H2,1-2H3,(H,26,28). The summed E-state index contributed by atoms with van der Waals surface area (Å²) in [5.41, 5.74) is 1.82. The number of para-hydroxylation sites is 1. The Balaban J connectivity index is 1.58. The molecule has 1 N–H and O–H groups in total. The first-order valence-electron chi connectivity index (χ1n) is 10.7. The number of nitrogens with zero attached hydrogens (tertiary/aromatic N) is 1. The molecule has 34 heavy (non-hydrogen) atoms. The maximum Gasteiger partial charge on any atom is 0.339 e. The van der Waals surface area contributed by atoms with Crippen molar-refractivity contribution in [1.29, 1.82) is 0 Å². The molecule has 3 aromatic rings. The van der Waals surface area contributed by atoms with E-state index in [0.717, 1.165) is 0 Å². The predicted octanol–water partition coefficient (Wildman–Crippen LogP) is 4.15. The normalized spacial score (nSPS) is 14.8. The molecule has 9 heteroatoms. The van der Waals surface area contributed by atoms with Gasteiger partial charge in [0.25, 0.3) is 10.0 Å². The Bertz CT molecular complexity index is 1320. The van der Waals surface area contributed by atoms with Crippen LogP contribution in [0.2, 0.25) is 0 Å². The molecule has 4 rings (SSSR count). The van der Waals surface area contributed by atoms with E-state index >= 15 is 0 Å². The minimum Gasteiger partial charge on any atom is -0.495 e. The minimum absolute atomic E-state index is 0.00643. The summed E-state index contributed by atoms with van der Waals surface area (Å²) < 4.78 is 38.7. The predicted molar refractivity (Wildman–Crippen MR) is 127 cm³/mol. The van der Waals surface area contributed by atoms with Crippen LogP contribution in [0.3, 0.4) is 0 Å².